The third-order valence-corrected chi connectivity index (χ3v) is 2.01. The summed E-state index contributed by atoms with van der Waals surface area (Å²) in [6, 6.07) is 1.42. The molecule has 0 amide bonds. The zero-order valence-corrected chi connectivity index (χ0v) is 10.5. The predicted molar refractivity (Wildman–Crippen MR) is 44.0 cm³/mol. The van der Waals surface area contributed by atoms with Crippen molar-refractivity contribution in [2.75, 3.05) is 4.72 Å². The van der Waals surface area contributed by atoms with Crippen molar-refractivity contribution in [3.05, 3.63) is 12.3 Å². The fourth-order valence-electron chi connectivity index (χ4n) is 0.678. The smallest absolute Gasteiger partial charge is 1.00 e. The van der Waals surface area contributed by atoms with Crippen LogP contribution < -0.4 is 34.3 Å². The maximum Gasteiger partial charge on any atom is 1.00 e. The molecule has 0 aliphatic heterocycles. The number of aromatic nitrogens is 2. The van der Waals surface area contributed by atoms with Gasteiger partial charge in [-0.3, -0.25) is 9.48 Å². The molecule has 0 saturated heterocycles. The van der Waals surface area contributed by atoms with Crippen LogP contribution in [0.5, 0.6) is 0 Å². The minimum absolute atomic E-state index is 0. The number of carbonyl (C=O) groups is 1. The molecule has 0 radical (unpaired) electrons. The molecule has 1 aromatic heterocycles. The maximum atomic E-state index is 10.8. The summed E-state index contributed by atoms with van der Waals surface area (Å²) in [5.41, 5.74) is 0. The molecule has 0 unspecified atom stereocenters. The van der Waals surface area contributed by atoms with Gasteiger partial charge in [0, 0.05) is 13.1 Å². The molecule has 7 nitrogen and oxygen atoms in total. The Morgan fingerprint density at radius 1 is 1.71 bits per heavy atom. The molecule has 0 bridgehead atoms. The third-order valence-electron chi connectivity index (χ3n) is 1.22. The van der Waals surface area contributed by atoms with Crippen LogP contribution in [-0.4, -0.2) is 24.7 Å². The molecule has 0 aromatic carbocycles. The van der Waals surface area contributed by atoms with Crippen molar-refractivity contribution in [1.29, 1.82) is 0 Å². The van der Waals surface area contributed by atoms with E-state index in [1.165, 1.54) is 16.9 Å². The van der Waals surface area contributed by atoms with Crippen LogP contribution in [0.25, 0.3) is 0 Å². The molecule has 0 atom stereocenters. The summed E-state index contributed by atoms with van der Waals surface area (Å²) < 4.78 is 28.8. The van der Waals surface area contributed by atoms with E-state index in [9.17, 15) is 13.2 Å². The van der Waals surface area contributed by atoms with Gasteiger partial charge in [-0.2, -0.15) is 13.5 Å². The summed E-state index contributed by atoms with van der Waals surface area (Å²) >= 11 is 0. The van der Waals surface area contributed by atoms with E-state index in [0.29, 0.717) is 0 Å². The zero-order chi connectivity index (χ0) is 9.90. The van der Waals surface area contributed by atoms with Crippen LogP contribution in [0.1, 0.15) is 1.43 Å². The molecule has 0 fully saturated rings. The van der Waals surface area contributed by atoms with Gasteiger partial charge in [0.05, 0.1) is 6.20 Å². The topological polar surface area (TPSA) is 90.3 Å². The summed E-state index contributed by atoms with van der Waals surface area (Å²) in [5, 5.41) is 3.71. The van der Waals surface area contributed by atoms with E-state index in [0.717, 1.165) is 0 Å². The molecule has 1 aromatic rings. The van der Waals surface area contributed by atoms with Gasteiger partial charge in [0.2, 0.25) is 0 Å². The average molecular weight is 229 g/mol. The van der Waals surface area contributed by atoms with E-state index in [-0.39, 0.29) is 43.3 Å². The van der Waals surface area contributed by atoms with E-state index in [2.05, 4.69) is 9.28 Å². The van der Waals surface area contributed by atoms with Crippen LogP contribution in [0.4, 0.5) is 5.82 Å². The first kappa shape index (κ1) is 13.4. The van der Waals surface area contributed by atoms with Gasteiger partial charge in [-0.05, 0) is 0 Å². The molecule has 0 saturated carbocycles. The first-order valence-corrected chi connectivity index (χ1v) is 4.58. The summed E-state index contributed by atoms with van der Waals surface area (Å²) in [7, 11) is -2.52. The van der Waals surface area contributed by atoms with Gasteiger partial charge in [0.25, 0.3) is 0 Å². The average Bonchev–Trinajstić information content (AvgIpc) is 2.35. The van der Waals surface area contributed by atoms with Gasteiger partial charge in [0.15, 0.2) is 0 Å². The second-order valence-electron chi connectivity index (χ2n) is 2.09. The van der Waals surface area contributed by atoms with Crippen molar-refractivity contribution in [1.82, 2.24) is 9.78 Å². The first-order chi connectivity index (χ1) is 6.05. The number of aryl methyl sites for hydroxylation is 1. The second kappa shape index (κ2) is 5.35. The Bertz CT molecular complexity index is 406. The number of hydrogen-bond acceptors (Lipinski definition) is 5. The SMILES string of the molecule is Cn1nccc1NS(=O)(=O)OC=O.[H-].[Na+]. The van der Waals surface area contributed by atoms with Crippen LogP contribution in [0.15, 0.2) is 12.3 Å². The van der Waals surface area contributed by atoms with Crippen LogP contribution in [0.2, 0.25) is 0 Å². The molecule has 0 aliphatic rings. The van der Waals surface area contributed by atoms with Crippen molar-refractivity contribution < 1.29 is 48.4 Å². The molecule has 1 rings (SSSR count). The fourth-order valence-corrected chi connectivity index (χ4v) is 1.29. The van der Waals surface area contributed by atoms with E-state index >= 15 is 0 Å². The monoisotopic (exact) mass is 229 g/mol. The molecule has 1 heterocycles. The second-order valence-corrected chi connectivity index (χ2v) is 3.39. The predicted octanol–water partition coefficient (Wildman–Crippen LogP) is -3.63. The molecule has 0 spiro atoms. The Morgan fingerprint density at radius 2 is 2.36 bits per heavy atom. The van der Waals surface area contributed by atoms with Crippen molar-refractivity contribution in [3.63, 3.8) is 0 Å². The Kier molecular flexibility index (Phi) is 5.13. The Hall–Kier alpha value is -0.570. The largest absolute Gasteiger partial charge is 1.00 e. The number of nitrogens with zero attached hydrogens (tertiary/aromatic N) is 2. The Morgan fingerprint density at radius 3 is 2.79 bits per heavy atom. The van der Waals surface area contributed by atoms with Gasteiger partial charge < -0.3 is 5.61 Å². The summed E-state index contributed by atoms with van der Waals surface area (Å²) in [4.78, 5) is 9.77. The minimum Gasteiger partial charge on any atom is -1.00 e. The van der Waals surface area contributed by atoms with Crippen molar-refractivity contribution in [2.24, 2.45) is 7.05 Å². The molecule has 74 valence electrons. The summed E-state index contributed by atoms with van der Waals surface area (Å²) in [6.07, 6.45) is 1.40. The summed E-state index contributed by atoms with van der Waals surface area (Å²) in [5.74, 6) is 0.210. The Balaban J connectivity index is 0. The van der Waals surface area contributed by atoms with Crippen LogP contribution in [0, 0.1) is 0 Å². The van der Waals surface area contributed by atoms with Crippen molar-refractivity contribution in [3.8, 4) is 0 Å². The fraction of sp³-hybridized carbons (Fsp3) is 0.200. The minimum atomic E-state index is -4.06. The van der Waals surface area contributed by atoms with Gasteiger partial charge >= 0.3 is 46.3 Å². The standard InChI is InChI=1S/C5H7N3O4S.Na.H/c1-8-5(2-3-6-8)7-13(10,11)12-4-9;;/h2-4,7H,1H3;;/q;+1;-1. The number of rotatable bonds is 4. The summed E-state index contributed by atoms with van der Waals surface area (Å²) in [6.45, 7) is -0.168. The van der Waals surface area contributed by atoms with Gasteiger partial charge in [0.1, 0.15) is 5.82 Å². The van der Waals surface area contributed by atoms with Crippen LogP contribution in [-0.2, 0) is 26.3 Å². The molecule has 1 N–H and O–H groups in total. The van der Waals surface area contributed by atoms with E-state index in [1.807, 2.05) is 4.72 Å². The molecule has 9 heteroatoms. The number of anilines is 1. The molecule has 0 aliphatic carbocycles. The van der Waals surface area contributed by atoms with E-state index < -0.39 is 10.3 Å². The van der Waals surface area contributed by atoms with Gasteiger partial charge in [-0.25, -0.2) is 4.72 Å². The Labute approximate surface area is 104 Å². The number of nitrogens with one attached hydrogen (secondary N) is 1. The van der Waals surface area contributed by atoms with Crippen LogP contribution in [0.3, 0.4) is 0 Å². The number of hydrogen-bond donors (Lipinski definition) is 1. The molecule has 14 heavy (non-hydrogen) atoms. The normalized spacial score (nSPS) is 10.1. The molecular formula is C5H8N3NaO4S. The first-order valence-electron chi connectivity index (χ1n) is 3.18. The van der Waals surface area contributed by atoms with Gasteiger partial charge in [-0.1, -0.05) is 0 Å². The van der Waals surface area contributed by atoms with Crippen molar-refractivity contribution >= 4 is 22.6 Å². The van der Waals surface area contributed by atoms with E-state index in [4.69, 9.17) is 0 Å². The number of carbonyl (C=O) groups excluding carboxylic acids is 1. The third kappa shape index (κ3) is 3.66. The van der Waals surface area contributed by atoms with E-state index in [1.54, 1.807) is 7.05 Å². The molecular weight excluding hydrogens is 221 g/mol. The maximum absolute atomic E-state index is 10.8. The van der Waals surface area contributed by atoms with Crippen molar-refractivity contribution in [2.45, 2.75) is 0 Å². The zero-order valence-electron chi connectivity index (χ0n) is 8.67. The quantitative estimate of drug-likeness (QED) is 0.425. The van der Waals surface area contributed by atoms with Crippen LogP contribution >= 0.6 is 0 Å². The van der Waals surface area contributed by atoms with Gasteiger partial charge in [-0.15, -0.1) is 0 Å².